The average molecular weight is 182 g/mol. The monoisotopic (exact) mass is 182 g/mol. The van der Waals surface area contributed by atoms with Crippen molar-refractivity contribution >= 4 is 11.6 Å². The van der Waals surface area contributed by atoms with Crippen molar-refractivity contribution in [3.8, 4) is 0 Å². The van der Waals surface area contributed by atoms with Crippen molar-refractivity contribution in [2.24, 2.45) is 5.92 Å². The van der Waals surface area contributed by atoms with Gasteiger partial charge >= 0.3 is 0 Å². The molecule has 0 spiro atoms. The van der Waals surface area contributed by atoms with Crippen molar-refractivity contribution in [3.05, 3.63) is 0 Å². The standard InChI is InChI=1S/C11H18O2/c1-9(12)5-4-7-10-6-2-3-8-11(10)13/h10H,2-8H2,1H3. The molecule has 0 aromatic heterocycles. The Bertz CT molecular complexity index is 196. The van der Waals surface area contributed by atoms with E-state index in [2.05, 4.69) is 0 Å². The highest BCUT2D eigenvalue weighted by molar-refractivity contribution is 5.81. The Morgan fingerprint density at radius 1 is 1.46 bits per heavy atom. The maximum absolute atomic E-state index is 11.4. The van der Waals surface area contributed by atoms with Crippen molar-refractivity contribution < 1.29 is 9.59 Å². The van der Waals surface area contributed by atoms with Crippen LogP contribution in [-0.4, -0.2) is 11.6 Å². The van der Waals surface area contributed by atoms with Gasteiger partial charge in [0.1, 0.15) is 11.6 Å². The van der Waals surface area contributed by atoms with E-state index in [0.717, 1.165) is 32.1 Å². The number of carbonyl (C=O) groups is 2. The van der Waals surface area contributed by atoms with E-state index in [0.29, 0.717) is 12.2 Å². The lowest BCUT2D eigenvalue weighted by Crippen LogP contribution is -2.18. The fourth-order valence-electron chi connectivity index (χ4n) is 1.96. The highest BCUT2D eigenvalue weighted by Gasteiger charge is 2.21. The van der Waals surface area contributed by atoms with Crippen LogP contribution in [0.5, 0.6) is 0 Å². The van der Waals surface area contributed by atoms with E-state index < -0.39 is 0 Å². The maximum atomic E-state index is 11.4. The molecule has 1 unspecified atom stereocenters. The molecule has 0 amide bonds. The molecule has 1 fully saturated rings. The fourth-order valence-corrected chi connectivity index (χ4v) is 1.96. The van der Waals surface area contributed by atoms with Crippen LogP contribution in [0.15, 0.2) is 0 Å². The summed E-state index contributed by atoms with van der Waals surface area (Å²) >= 11 is 0. The molecule has 0 aromatic rings. The van der Waals surface area contributed by atoms with Crippen LogP contribution in [0.4, 0.5) is 0 Å². The molecule has 0 aromatic carbocycles. The maximum Gasteiger partial charge on any atom is 0.135 e. The summed E-state index contributed by atoms with van der Waals surface area (Å²) in [7, 11) is 0. The van der Waals surface area contributed by atoms with Crippen LogP contribution < -0.4 is 0 Å². The number of Topliss-reactive ketones (excluding diaryl/α,β-unsaturated/α-hetero) is 2. The zero-order valence-corrected chi connectivity index (χ0v) is 8.34. The van der Waals surface area contributed by atoms with Gasteiger partial charge in [-0.25, -0.2) is 0 Å². The first-order chi connectivity index (χ1) is 6.20. The van der Waals surface area contributed by atoms with Crippen LogP contribution in [0.2, 0.25) is 0 Å². The van der Waals surface area contributed by atoms with Crippen LogP contribution in [0.3, 0.4) is 0 Å². The molecule has 2 nitrogen and oxygen atoms in total. The molecule has 0 heterocycles. The van der Waals surface area contributed by atoms with Crippen molar-refractivity contribution in [1.82, 2.24) is 0 Å². The summed E-state index contributed by atoms with van der Waals surface area (Å²) in [5.41, 5.74) is 0. The molecule has 0 saturated heterocycles. The molecule has 0 aliphatic heterocycles. The minimum Gasteiger partial charge on any atom is -0.300 e. The molecule has 1 aliphatic rings. The zero-order valence-electron chi connectivity index (χ0n) is 8.34. The quantitative estimate of drug-likeness (QED) is 0.669. The molecule has 1 rings (SSSR count). The smallest absolute Gasteiger partial charge is 0.135 e. The molecule has 1 atom stereocenters. The molecule has 13 heavy (non-hydrogen) atoms. The first kappa shape index (κ1) is 10.4. The highest BCUT2D eigenvalue weighted by Crippen LogP contribution is 2.24. The van der Waals surface area contributed by atoms with Gasteiger partial charge in [0.15, 0.2) is 0 Å². The second-order valence-electron chi connectivity index (χ2n) is 4.00. The van der Waals surface area contributed by atoms with Crippen LogP contribution in [-0.2, 0) is 9.59 Å². The molecular formula is C11H18O2. The van der Waals surface area contributed by atoms with Crippen LogP contribution in [0, 0.1) is 5.92 Å². The molecule has 74 valence electrons. The van der Waals surface area contributed by atoms with E-state index in [1.54, 1.807) is 6.92 Å². The number of hydrogen-bond donors (Lipinski definition) is 0. The first-order valence-corrected chi connectivity index (χ1v) is 5.22. The molecule has 1 aliphatic carbocycles. The molecule has 0 radical (unpaired) electrons. The second kappa shape index (κ2) is 5.15. The summed E-state index contributed by atoms with van der Waals surface area (Å²) in [5, 5.41) is 0. The third kappa shape index (κ3) is 3.71. The molecule has 1 saturated carbocycles. The second-order valence-corrected chi connectivity index (χ2v) is 4.00. The van der Waals surface area contributed by atoms with E-state index in [-0.39, 0.29) is 11.7 Å². The summed E-state index contributed by atoms with van der Waals surface area (Å²) in [6.45, 7) is 1.61. The highest BCUT2D eigenvalue weighted by atomic mass is 16.1. The Balaban J connectivity index is 2.19. The predicted octanol–water partition coefficient (Wildman–Crippen LogP) is 2.51. The van der Waals surface area contributed by atoms with Crippen LogP contribution >= 0.6 is 0 Å². The molecular weight excluding hydrogens is 164 g/mol. The van der Waals surface area contributed by atoms with Crippen molar-refractivity contribution in [3.63, 3.8) is 0 Å². The number of ketones is 2. The van der Waals surface area contributed by atoms with Gasteiger partial charge in [-0.1, -0.05) is 6.42 Å². The Hall–Kier alpha value is -0.660. The molecule has 2 heteroatoms. The third-order valence-electron chi connectivity index (χ3n) is 2.76. The Labute approximate surface area is 79.7 Å². The summed E-state index contributed by atoms with van der Waals surface area (Å²) in [6.07, 6.45) is 6.55. The van der Waals surface area contributed by atoms with E-state index in [1.807, 2.05) is 0 Å². The van der Waals surface area contributed by atoms with Crippen LogP contribution in [0.1, 0.15) is 51.9 Å². The summed E-state index contributed by atoms with van der Waals surface area (Å²) in [4.78, 5) is 22.1. The third-order valence-corrected chi connectivity index (χ3v) is 2.76. The van der Waals surface area contributed by atoms with Crippen molar-refractivity contribution in [2.45, 2.75) is 51.9 Å². The summed E-state index contributed by atoms with van der Waals surface area (Å²) in [5.74, 6) is 0.936. The number of hydrogen-bond acceptors (Lipinski definition) is 2. The summed E-state index contributed by atoms with van der Waals surface area (Å²) in [6, 6.07) is 0. The van der Waals surface area contributed by atoms with Gasteiger partial charge in [0.25, 0.3) is 0 Å². The topological polar surface area (TPSA) is 34.1 Å². The minimum absolute atomic E-state index is 0.239. The van der Waals surface area contributed by atoms with Gasteiger partial charge in [0, 0.05) is 18.8 Å². The summed E-state index contributed by atoms with van der Waals surface area (Å²) < 4.78 is 0. The zero-order chi connectivity index (χ0) is 9.68. The van der Waals surface area contributed by atoms with Crippen molar-refractivity contribution in [2.75, 3.05) is 0 Å². The average Bonchev–Trinajstić information content (AvgIpc) is 2.08. The van der Waals surface area contributed by atoms with Gasteiger partial charge in [-0.05, 0) is 32.6 Å². The SMILES string of the molecule is CC(=O)CCCC1CCCCC1=O. The van der Waals surface area contributed by atoms with Gasteiger partial charge in [-0.15, -0.1) is 0 Å². The van der Waals surface area contributed by atoms with Crippen LogP contribution in [0.25, 0.3) is 0 Å². The Morgan fingerprint density at radius 3 is 2.85 bits per heavy atom. The Morgan fingerprint density at radius 2 is 2.23 bits per heavy atom. The van der Waals surface area contributed by atoms with Crippen molar-refractivity contribution in [1.29, 1.82) is 0 Å². The largest absolute Gasteiger partial charge is 0.300 e. The number of carbonyl (C=O) groups excluding carboxylic acids is 2. The fraction of sp³-hybridized carbons (Fsp3) is 0.818. The predicted molar refractivity (Wildman–Crippen MR) is 51.5 cm³/mol. The lowest BCUT2D eigenvalue weighted by atomic mass is 9.84. The van der Waals surface area contributed by atoms with Gasteiger partial charge < -0.3 is 4.79 Å². The van der Waals surface area contributed by atoms with Gasteiger partial charge in [0.2, 0.25) is 0 Å². The number of rotatable bonds is 4. The molecule has 0 bridgehead atoms. The van der Waals surface area contributed by atoms with E-state index >= 15 is 0 Å². The Kier molecular flexibility index (Phi) is 4.13. The normalized spacial score (nSPS) is 23.2. The lowest BCUT2D eigenvalue weighted by molar-refractivity contribution is -0.125. The van der Waals surface area contributed by atoms with E-state index in [4.69, 9.17) is 0 Å². The van der Waals surface area contributed by atoms with E-state index in [9.17, 15) is 9.59 Å². The lowest BCUT2D eigenvalue weighted by Gasteiger charge is -2.19. The molecule has 0 N–H and O–H groups in total. The van der Waals surface area contributed by atoms with Gasteiger partial charge in [0.05, 0.1) is 0 Å². The van der Waals surface area contributed by atoms with E-state index in [1.165, 1.54) is 6.42 Å². The minimum atomic E-state index is 0.239. The first-order valence-electron chi connectivity index (χ1n) is 5.22. The van der Waals surface area contributed by atoms with Gasteiger partial charge in [-0.2, -0.15) is 0 Å². The van der Waals surface area contributed by atoms with Gasteiger partial charge in [-0.3, -0.25) is 4.79 Å².